The molecule has 0 unspecified atom stereocenters. The molecule has 18 heavy (non-hydrogen) atoms. The van der Waals surface area contributed by atoms with Crippen molar-refractivity contribution in [1.29, 1.82) is 0 Å². The Morgan fingerprint density at radius 1 is 1.28 bits per heavy atom. The minimum absolute atomic E-state index is 0. The average molecular weight is 269 g/mol. The van der Waals surface area contributed by atoms with E-state index in [-0.39, 0.29) is 18.3 Å². The van der Waals surface area contributed by atoms with E-state index in [1.165, 1.54) is 12.8 Å². The van der Waals surface area contributed by atoms with Crippen molar-refractivity contribution in [2.45, 2.75) is 38.6 Å². The van der Waals surface area contributed by atoms with Gasteiger partial charge in [0.1, 0.15) is 0 Å². The molecule has 3 N–H and O–H groups in total. The Kier molecular flexibility index (Phi) is 5.48. The van der Waals surface area contributed by atoms with Crippen LogP contribution in [0.3, 0.4) is 0 Å². The molecule has 0 spiro atoms. The lowest BCUT2D eigenvalue weighted by Crippen LogP contribution is -2.37. The van der Waals surface area contributed by atoms with Crippen molar-refractivity contribution < 1.29 is 4.79 Å². The molecule has 0 saturated heterocycles. The minimum atomic E-state index is -0.00291. The van der Waals surface area contributed by atoms with Gasteiger partial charge in [-0.15, -0.1) is 12.4 Å². The van der Waals surface area contributed by atoms with Gasteiger partial charge in [-0.05, 0) is 49.8 Å². The number of hydrogen-bond acceptors (Lipinski definition) is 2. The predicted octanol–water partition coefficient (Wildman–Crippen LogP) is 3.00. The van der Waals surface area contributed by atoms with Crippen molar-refractivity contribution in [3.05, 3.63) is 29.8 Å². The number of amides is 1. The Labute approximate surface area is 115 Å². The monoisotopic (exact) mass is 268 g/mol. The third kappa shape index (κ3) is 3.91. The van der Waals surface area contributed by atoms with Crippen LogP contribution in [-0.4, -0.2) is 11.9 Å². The highest BCUT2D eigenvalue weighted by Crippen LogP contribution is 2.23. The number of hydrogen-bond donors (Lipinski definition) is 2. The minimum Gasteiger partial charge on any atom is -0.399 e. The zero-order valence-electron chi connectivity index (χ0n) is 10.7. The third-order valence-corrected chi connectivity index (χ3v) is 3.50. The van der Waals surface area contributed by atoms with E-state index in [0.717, 1.165) is 18.8 Å². The average Bonchev–Trinajstić information content (AvgIpc) is 2.32. The van der Waals surface area contributed by atoms with Crippen LogP contribution in [0.4, 0.5) is 5.69 Å². The first-order valence-corrected chi connectivity index (χ1v) is 6.31. The van der Waals surface area contributed by atoms with Crippen LogP contribution in [0.1, 0.15) is 43.0 Å². The van der Waals surface area contributed by atoms with Crippen LogP contribution >= 0.6 is 12.4 Å². The highest BCUT2D eigenvalue weighted by molar-refractivity contribution is 5.95. The molecule has 1 saturated carbocycles. The molecule has 0 aliphatic heterocycles. The topological polar surface area (TPSA) is 55.1 Å². The lowest BCUT2D eigenvalue weighted by Gasteiger charge is -2.26. The Hall–Kier alpha value is -1.22. The van der Waals surface area contributed by atoms with Crippen molar-refractivity contribution in [2.75, 3.05) is 5.73 Å². The summed E-state index contributed by atoms with van der Waals surface area (Å²) >= 11 is 0. The molecule has 4 heteroatoms. The van der Waals surface area contributed by atoms with Crippen LogP contribution in [0.25, 0.3) is 0 Å². The van der Waals surface area contributed by atoms with E-state index in [2.05, 4.69) is 12.2 Å². The van der Waals surface area contributed by atoms with Gasteiger partial charge in [-0.1, -0.05) is 13.0 Å². The number of carbonyl (C=O) groups excluding carboxylic acids is 1. The maximum Gasteiger partial charge on any atom is 0.251 e. The van der Waals surface area contributed by atoms with Crippen LogP contribution < -0.4 is 11.1 Å². The van der Waals surface area contributed by atoms with Crippen LogP contribution in [-0.2, 0) is 0 Å². The van der Waals surface area contributed by atoms with Crippen LogP contribution in [0.5, 0.6) is 0 Å². The fraction of sp³-hybridized carbons (Fsp3) is 0.500. The smallest absolute Gasteiger partial charge is 0.251 e. The largest absolute Gasteiger partial charge is 0.399 e. The molecule has 0 heterocycles. The molecule has 1 amide bonds. The van der Waals surface area contributed by atoms with Gasteiger partial charge in [0.2, 0.25) is 0 Å². The highest BCUT2D eigenvalue weighted by Gasteiger charge is 2.20. The molecule has 0 atom stereocenters. The van der Waals surface area contributed by atoms with Gasteiger partial charge in [-0.3, -0.25) is 4.79 Å². The molecular weight excluding hydrogens is 248 g/mol. The summed E-state index contributed by atoms with van der Waals surface area (Å²) in [6.45, 7) is 2.27. The second-order valence-corrected chi connectivity index (χ2v) is 5.06. The molecule has 0 bridgehead atoms. The summed E-state index contributed by atoms with van der Waals surface area (Å²) in [5, 5.41) is 3.09. The number of benzene rings is 1. The third-order valence-electron chi connectivity index (χ3n) is 3.50. The molecular formula is C14H21ClN2O. The summed E-state index contributed by atoms with van der Waals surface area (Å²) < 4.78 is 0. The first kappa shape index (κ1) is 14.8. The Morgan fingerprint density at radius 3 is 2.56 bits per heavy atom. The van der Waals surface area contributed by atoms with E-state index >= 15 is 0 Å². The first-order valence-electron chi connectivity index (χ1n) is 6.31. The lowest BCUT2D eigenvalue weighted by atomic mass is 9.87. The summed E-state index contributed by atoms with van der Waals surface area (Å²) in [5.74, 6) is 0.798. The van der Waals surface area contributed by atoms with E-state index in [0.29, 0.717) is 17.3 Å². The van der Waals surface area contributed by atoms with E-state index in [9.17, 15) is 4.79 Å². The molecule has 2 rings (SSSR count). The molecule has 1 aromatic rings. The number of anilines is 1. The molecule has 1 aliphatic rings. The second kappa shape index (κ2) is 6.64. The number of nitrogen functional groups attached to an aromatic ring is 1. The van der Waals surface area contributed by atoms with Crippen molar-refractivity contribution in [3.8, 4) is 0 Å². The van der Waals surface area contributed by atoms with Crippen molar-refractivity contribution >= 4 is 24.0 Å². The molecule has 3 nitrogen and oxygen atoms in total. The van der Waals surface area contributed by atoms with Crippen molar-refractivity contribution in [1.82, 2.24) is 5.32 Å². The Morgan fingerprint density at radius 2 is 1.94 bits per heavy atom. The molecule has 100 valence electrons. The van der Waals surface area contributed by atoms with Gasteiger partial charge in [0, 0.05) is 17.3 Å². The summed E-state index contributed by atoms with van der Waals surface area (Å²) in [6.07, 6.45) is 4.61. The molecule has 1 aliphatic carbocycles. The van der Waals surface area contributed by atoms with E-state index < -0.39 is 0 Å². The zero-order chi connectivity index (χ0) is 12.3. The van der Waals surface area contributed by atoms with Gasteiger partial charge in [0.05, 0.1) is 0 Å². The quantitative estimate of drug-likeness (QED) is 0.810. The van der Waals surface area contributed by atoms with Crippen LogP contribution in [0.15, 0.2) is 24.3 Å². The van der Waals surface area contributed by atoms with Gasteiger partial charge >= 0.3 is 0 Å². The zero-order valence-corrected chi connectivity index (χ0v) is 11.5. The lowest BCUT2D eigenvalue weighted by molar-refractivity contribution is 0.0923. The summed E-state index contributed by atoms with van der Waals surface area (Å²) in [4.78, 5) is 12.0. The standard InChI is InChI=1S/C14H20N2O.ClH/c1-10-5-7-13(8-6-10)16-14(17)11-3-2-4-12(15)9-11;/h2-4,9-10,13H,5-8,15H2,1H3,(H,16,17);1H. The predicted molar refractivity (Wildman–Crippen MR) is 77.0 cm³/mol. The highest BCUT2D eigenvalue weighted by atomic mass is 35.5. The number of rotatable bonds is 2. The van der Waals surface area contributed by atoms with Gasteiger partial charge in [0.15, 0.2) is 0 Å². The number of nitrogens with one attached hydrogen (secondary N) is 1. The number of carbonyl (C=O) groups is 1. The molecule has 1 aromatic carbocycles. The second-order valence-electron chi connectivity index (χ2n) is 5.06. The maximum absolute atomic E-state index is 12.0. The Bertz CT molecular complexity index is 401. The van der Waals surface area contributed by atoms with Gasteiger partial charge in [0.25, 0.3) is 5.91 Å². The van der Waals surface area contributed by atoms with Crippen LogP contribution in [0, 0.1) is 5.92 Å². The van der Waals surface area contributed by atoms with E-state index in [1.54, 1.807) is 18.2 Å². The maximum atomic E-state index is 12.0. The molecule has 0 radical (unpaired) electrons. The van der Waals surface area contributed by atoms with Crippen molar-refractivity contribution in [2.24, 2.45) is 5.92 Å². The summed E-state index contributed by atoms with van der Waals surface area (Å²) in [6, 6.07) is 7.46. The summed E-state index contributed by atoms with van der Waals surface area (Å²) in [5.41, 5.74) is 6.96. The summed E-state index contributed by atoms with van der Waals surface area (Å²) in [7, 11) is 0. The van der Waals surface area contributed by atoms with Gasteiger partial charge in [-0.2, -0.15) is 0 Å². The number of halogens is 1. The van der Waals surface area contributed by atoms with E-state index in [1.807, 2.05) is 6.07 Å². The van der Waals surface area contributed by atoms with Crippen LogP contribution in [0.2, 0.25) is 0 Å². The number of nitrogens with two attached hydrogens (primary N) is 1. The fourth-order valence-electron chi connectivity index (χ4n) is 2.35. The molecule has 0 aromatic heterocycles. The van der Waals surface area contributed by atoms with Gasteiger partial charge in [-0.25, -0.2) is 0 Å². The SMILES string of the molecule is CC1CCC(NC(=O)c2cccc(N)c2)CC1.Cl. The Balaban J connectivity index is 0.00000162. The van der Waals surface area contributed by atoms with Crippen molar-refractivity contribution in [3.63, 3.8) is 0 Å². The fourth-order valence-corrected chi connectivity index (χ4v) is 2.35. The van der Waals surface area contributed by atoms with E-state index in [4.69, 9.17) is 5.73 Å². The van der Waals surface area contributed by atoms with Gasteiger partial charge < -0.3 is 11.1 Å². The normalized spacial score (nSPS) is 22.9. The first-order chi connectivity index (χ1) is 8.15. The molecule has 1 fully saturated rings.